The van der Waals surface area contributed by atoms with Crippen LogP contribution in [0.4, 0.5) is 0 Å². The first-order chi connectivity index (χ1) is 26.8. The van der Waals surface area contributed by atoms with Crippen molar-refractivity contribution in [2.24, 2.45) is 0 Å². The van der Waals surface area contributed by atoms with E-state index < -0.39 is 0 Å². The summed E-state index contributed by atoms with van der Waals surface area (Å²) in [5.74, 6) is 1.77. The van der Waals surface area contributed by atoms with Gasteiger partial charge in [0.2, 0.25) is 0 Å². The van der Waals surface area contributed by atoms with E-state index in [4.69, 9.17) is 19.4 Å². The Bertz CT molecular complexity index is 3180. The number of aromatic nitrogens is 5. The van der Waals surface area contributed by atoms with E-state index in [1.165, 1.54) is 21.8 Å². The van der Waals surface area contributed by atoms with E-state index in [0.717, 1.165) is 66.2 Å². The Morgan fingerprint density at radius 2 is 1.06 bits per heavy atom. The molecule has 11 rings (SSSR count). The lowest BCUT2D eigenvalue weighted by atomic mass is 9.98. The molecule has 0 saturated carbocycles. The highest BCUT2D eigenvalue weighted by molar-refractivity contribution is 6.12. The van der Waals surface area contributed by atoms with E-state index >= 15 is 0 Å². The molecule has 0 unspecified atom stereocenters. The fraction of sp³-hybridized carbons (Fsp3) is 0. The molecule has 252 valence electrons. The summed E-state index contributed by atoms with van der Waals surface area (Å²) in [7, 11) is 0. The minimum absolute atomic E-state index is 0.574. The predicted octanol–water partition coefficient (Wildman–Crippen LogP) is 12.1. The molecule has 11 aromatic rings. The Balaban J connectivity index is 1.09. The zero-order valence-corrected chi connectivity index (χ0v) is 28.9. The van der Waals surface area contributed by atoms with E-state index in [1.807, 2.05) is 24.3 Å². The van der Waals surface area contributed by atoms with Crippen LogP contribution in [0.1, 0.15) is 0 Å². The summed E-state index contributed by atoms with van der Waals surface area (Å²) in [4.78, 5) is 19.9. The number of pyridine rings is 1. The second kappa shape index (κ2) is 12.1. The maximum atomic E-state index is 6.22. The third-order valence-corrected chi connectivity index (χ3v) is 10.4. The summed E-state index contributed by atoms with van der Waals surface area (Å²) in [5.41, 5.74) is 9.76. The zero-order valence-electron chi connectivity index (χ0n) is 28.9. The van der Waals surface area contributed by atoms with Crippen LogP contribution in [-0.4, -0.2) is 24.5 Å². The van der Waals surface area contributed by atoms with Crippen LogP contribution < -0.4 is 0 Å². The van der Waals surface area contributed by atoms with Gasteiger partial charge in [-0.3, -0.25) is 4.98 Å². The summed E-state index contributed by atoms with van der Waals surface area (Å²) in [6.45, 7) is 0. The molecule has 6 nitrogen and oxygen atoms in total. The molecule has 0 atom stereocenters. The maximum absolute atomic E-state index is 6.22. The van der Waals surface area contributed by atoms with Crippen LogP contribution in [0.25, 0.3) is 105 Å². The number of para-hydroxylation sites is 2. The quantitative estimate of drug-likeness (QED) is 0.180. The number of nitrogens with zero attached hydrogens (tertiary/aromatic N) is 5. The lowest BCUT2D eigenvalue weighted by molar-refractivity contribution is 0.667. The Morgan fingerprint density at radius 3 is 1.85 bits per heavy atom. The summed E-state index contributed by atoms with van der Waals surface area (Å²) in [6.07, 6.45) is 3.54. The SMILES string of the molecule is c1ccc(-c2nc(-c3ccc4ccccc4c3)nc(-c3cccc4oc5cnccc5c34)n2)c(-c2ccc(-n3c4ccccc4c4ccccc43)cc2)c1. The summed E-state index contributed by atoms with van der Waals surface area (Å²) in [6, 6.07) is 57.0. The first kappa shape index (κ1) is 30.2. The van der Waals surface area contributed by atoms with E-state index in [1.54, 1.807) is 12.4 Å². The lowest BCUT2D eigenvalue weighted by Gasteiger charge is -2.13. The van der Waals surface area contributed by atoms with Crippen molar-refractivity contribution in [1.29, 1.82) is 0 Å². The summed E-state index contributed by atoms with van der Waals surface area (Å²) < 4.78 is 8.56. The van der Waals surface area contributed by atoms with Gasteiger partial charge in [0.05, 0.1) is 17.2 Å². The van der Waals surface area contributed by atoms with Gasteiger partial charge in [0.1, 0.15) is 5.58 Å². The number of benzene rings is 7. The molecule has 0 spiro atoms. The number of fused-ring (bicyclic) bond motifs is 7. The van der Waals surface area contributed by atoms with Crippen molar-refractivity contribution in [1.82, 2.24) is 24.5 Å². The zero-order chi connectivity index (χ0) is 35.6. The molecule has 7 aromatic carbocycles. The van der Waals surface area contributed by atoms with E-state index in [-0.39, 0.29) is 0 Å². The highest BCUT2D eigenvalue weighted by Crippen LogP contribution is 2.38. The molecule has 0 saturated heterocycles. The second-order valence-corrected chi connectivity index (χ2v) is 13.5. The minimum Gasteiger partial charge on any atom is -0.454 e. The van der Waals surface area contributed by atoms with E-state index in [2.05, 4.69) is 149 Å². The van der Waals surface area contributed by atoms with Gasteiger partial charge in [-0.15, -0.1) is 0 Å². The van der Waals surface area contributed by atoms with Gasteiger partial charge in [-0.25, -0.2) is 15.0 Å². The third-order valence-electron chi connectivity index (χ3n) is 10.4. The predicted molar refractivity (Wildman–Crippen MR) is 218 cm³/mol. The largest absolute Gasteiger partial charge is 0.454 e. The molecule has 54 heavy (non-hydrogen) atoms. The van der Waals surface area contributed by atoms with Crippen LogP contribution in [0.2, 0.25) is 0 Å². The van der Waals surface area contributed by atoms with Gasteiger partial charge in [-0.05, 0) is 64.4 Å². The van der Waals surface area contributed by atoms with Crippen molar-refractivity contribution < 1.29 is 4.42 Å². The molecule has 6 heteroatoms. The van der Waals surface area contributed by atoms with Crippen LogP contribution >= 0.6 is 0 Å². The third kappa shape index (κ3) is 4.81. The van der Waals surface area contributed by atoms with Crippen molar-refractivity contribution in [3.8, 4) is 51.0 Å². The molecule has 0 aliphatic rings. The van der Waals surface area contributed by atoms with Crippen LogP contribution in [0.15, 0.2) is 181 Å². The molecule has 0 N–H and O–H groups in total. The van der Waals surface area contributed by atoms with Crippen LogP contribution in [0.5, 0.6) is 0 Å². The molecule has 0 radical (unpaired) electrons. The number of rotatable bonds is 5. The topological polar surface area (TPSA) is 69.6 Å². The van der Waals surface area contributed by atoms with Gasteiger partial charge in [-0.1, -0.05) is 121 Å². The first-order valence-electron chi connectivity index (χ1n) is 18.0. The van der Waals surface area contributed by atoms with Gasteiger partial charge in [0.25, 0.3) is 0 Å². The number of hydrogen-bond acceptors (Lipinski definition) is 5. The smallest absolute Gasteiger partial charge is 0.164 e. The molecule has 0 amide bonds. The Kier molecular flexibility index (Phi) is 6.75. The van der Waals surface area contributed by atoms with Gasteiger partial charge in [0, 0.05) is 50.1 Å². The normalized spacial score (nSPS) is 11.7. The van der Waals surface area contributed by atoms with Gasteiger partial charge >= 0.3 is 0 Å². The summed E-state index contributed by atoms with van der Waals surface area (Å²) in [5, 5.41) is 6.68. The van der Waals surface area contributed by atoms with E-state index in [0.29, 0.717) is 17.5 Å². The average molecular weight is 692 g/mol. The van der Waals surface area contributed by atoms with Gasteiger partial charge < -0.3 is 8.98 Å². The van der Waals surface area contributed by atoms with Crippen LogP contribution in [-0.2, 0) is 0 Å². The summed E-state index contributed by atoms with van der Waals surface area (Å²) >= 11 is 0. The lowest BCUT2D eigenvalue weighted by Crippen LogP contribution is -2.01. The molecule has 0 aliphatic heterocycles. The average Bonchev–Trinajstić information content (AvgIpc) is 3.79. The van der Waals surface area contributed by atoms with Crippen LogP contribution in [0.3, 0.4) is 0 Å². The van der Waals surface area contributed by atoms with Crippen LogP contribution in [0, 0.1) is 0 Å². The van der Waals surface area contributed by atoms with Crippen molar-refractivity contribution in [2.45, 2.75) is 0 Å². The molecule has 4 heterocycles. The highest BCUT2D eigenvalue weighted by atomic mass is 16.3. The molecule has 0 aliphatic carbocycles. The van der Waals surface area contributed by atoms with Crippen molar-refractivity contribution in [3.63, 3.8) is 0 Å². The fourth-order valence-electron chi connectivity index (χ4n) is 7.86. The second-order valence-electron chi connectivity index (χ2n) is 13.5. The first-order valence-corrected chi connectivity index (χ1v) is 18.0. The van der Waals surface area contributed by atoms with E-state index in [9.17, 15) is 0 Å². The van der Waals surface area contributed by atoms with Crippen molar-refractivity contribution in [3.05, 3.63) is 176 Å². The molecular formula is C48H29N5O. The van der Waals surface area contributed by atoms with Crippen molar-refractivity contribution in [2.75, 3.05) is 0 Å². The fourth-order valence-corrected chi connectivity index (χ4v) is 7.86. The van der Waals surface area contributed by atoms with Gasteiger partial charge in [-0.2, -0.15) is 0 Å². The Hall–Kier alpha value is -7.44. The maximum Gasteiger partial charge on any atom is 0.164 e. The highest BCUT2D eigenvalue weighted by Gasteiger charge is 2.20. The molecule has 0 fully saturated rings. The molecular weight excluding hydrogens is 663 g/mol. The van der Waals surface area contributed by atoms with Crippen molar-refractivity contribution >= 4 is 54.5 Å². The number of furan rings is 1. The van der Waals surface area contributed by atoms with Gasteiger partial charge in [0.15, 0.2) is 23.1 Å². The monoisotopic (exact) mass is 691 g/mol. The number of hydrogen-bond donors (Lipinski definition) is 0. The Labute approximate surface area is 309 Å². The molecule has 4 aromatic heterocycles. The Morgan fingerprint density at radius 1 is 0.426 bits per heavy atom. The standard InChI is InChI=1S/C48H29N5O/c1-2-11-32-28-33(21-20-30(32)10-1)46-50-47(52-48(51-46)40-16-9-19-43-45(40)39-26-27-49-29-44(39)54-43)38-15-4-3-12-35(38)31-22-24-34(25-23-31)53-41-17-7-5-13-36(41)37-14-6-8-18-42(37)53/h1-29H. The minimum atomic E-state index is 0.574. The molecule has 0 bridgehead atoms.